The Hall–Kier alpha value is -2.99. The first-order valence-electron chi connectivity index (χ1n) is 13.1. The van der Waals surface area contributed by atoms with E-state index in [0.29, 0.717) is 18.2 Å². The molecule has 2 saturated heterocycles. The number of pyridine rings is 2. The van der Waals surface area contributed by atoms with E-state index < -0.39 is 11.2 Å². The quantitative estimate of drug-likeness (QED) is 0.355. The van der Waals surface area contributed by atoms with Gasteiger partial charge in [-0.1, -0.05) is 0 Å². The lowest BCUT2D eigenvalue weighted by molar-refractivity contribution is -0.0393. The minimum absolute atomic E-state index is 0.0443. The first-order valence-corrected chi connectivity index (χ1v) is 14.7. The van der Waals surface area contributed by atoms with Crippen LogP contribution in [-0.4, -0.2) is 72.7 Å². The fraction of sp³-hybridized carbons (Fsp3) is 0.481. The predicted molar refractivity (Wildman–Crippen MR) is 146 cm³/mol. The molecule has 2 unspecified atom stereocenters. The molecule has 0 spiro atoms. The highest BCUT2D eigenvalue weighted by atomic mass is 32.2. The fourth-order valence-electron chi connectivity index (χ4n) is 5.40. The summed E-state index contributed by atoms with van der Waals surface area (Å²) in [4.78, 5) is 12.1. The lowest BCUT2D eigenvalue weighted by Gasteiger charge is -2.34. The highest BCUT2D eigenvalue weighted by molar-refractivity contribution is 7.90. The maximum Gasteiger partial charge on any atom is 0.244 e. The van der Waals surface area contributed by atoms with E-state index in [-0.39, 0.29) is 12.3 Å². The van der Waals surface area contributed by atoms with Crippen molar-refractivity contribution in [3.8, 4) is 22.5 Å². The summed E-state index contributed by atoms with van der Waals surface area (Å²) in [5.74, 6) is 0.871. The van der Waals surface area contributed by atoms with Crippen LogP contribution in [-0.2, 0) is 27.7 Å². The molecular formula is C27H33N7O3S. The number of aryl methyl sites for hydroxylation is 2. The molecule has 10 nitrogen and oxygen atoms in total. The Morgan fingerprint density at radius 2 is 1.95 bits per heavy atom. The van der Waals surface area contributed by atoms with Crippen molar-refractivity contribution in [1.82, 2.24) is 29.5 Å². The maximum atomic E-state index is 12.1. The van der Waals surface area contributed by atoms with Gasteiger partial charge in [-0.05, 0) is 51.3 Å². The van der Waals surface area contributed by atoms with E-state index in [2.05, 4.69) is 22.9 Å². The van der Waals surface area contributed by atoms with Crippen LogP contribution in [0.25, 0.3) is 33.5 Å². The minimum atomic E-state index is -1.15. The molecule has 0 bridgehead atoms. The van der Waals surface area contributed by atoms with Crippen LogP contribution < -0.4 is 4.90 Å². The SMILES string of the molecule is Cc1nc([S+](C)[O-])ccc1-c1cc(N2CCOC[C@H]2C)nc2c(-c3ccn(C4CCCCO4)n3)nn(C)c12. The number of nitrogens with zero attached hydrogens (tertiary/aromatic N) is 7. The second kappa shape index (κ2) is 10.3. The van der Waals surface area contributed by atoms with Crippen LogP contribution >= 0.6 is 0 Å². The van der Waals surface area contributed by atoms with Crippen molar-refractivity contribution in [2.45, 2.75) is 50.4 Å². The van der Waals surface area contributed by atoms with Gasteiger partial charge in [0, 0.05) is 54.8 Å². The molecule has 3 atom stereocenters. The van der Waals surface area contributed by atoms with Crippen molar-refractivity contribution >= 4 is 28.0 Å². The first-order chi connectivity index (χ1) is 18.4. The minimum Gasteiger partial charge on any atom is -0.610 e. The van der Waals surface area contributed by atoms with Gasteiger partial charge in [0.25, 0.3) is 0 Å². The zero-order valence-electron chi connectivity index (χ0n) is 22.3. The van der Waals surface area contributed by atoms with Gasteiger partial charge in [-0.15, -0.1) is 0 Å². The van der Waals surface area contributed by atoms with Gasteiger partial charge in [0.2, 0.25) is 5.03 Å². The van der Waals surface area contributed by atoms with Crippen molar-refractivity contribution in [1.29, 1.82) is 0 Å². The standard InChI is InChI=1S/C27H33N7O3S/c1-17-16-36-14-12-33(17)22-15-20(19-8-9-23(38(4)35)28-18(19)2)27-26(29-22)25(31-32(27)3)21-10-11-34(30-21)24-7-5-6-13-37-24/h8-11,15,17,24H,5-7,12-14,16H2,1-4H3/t17-,24?,38?/m1/s1. The topological polar surface area (TPSA) is 106 Å². The number of hydrogen-bond acceptors (Lipinski definition) is 8. The lowest BCUT2D eigenvalue weighted by Crippen LogP contribution is -2.44. The van der Waals surface area contributed by atoms with E-state index >= 15 is 0 Å². The molecule has 0 N–H and O–H groups in total. The van der Waals surface area contributed by atoms with Crippen molar-refractivity contribution in [2.24, 2.45) is 7.05 Å². The molecule has 2 aliphatic heterocycles. The molecule has 6 heterocycles. The number of hydrogen-bond donors (Lipinski definition) is 0. The number of fused-ring (bicyclic) bond motifs is 1. The Bertz CT molecular complexity index is 1460. The van der Waals surface area contributed by atoms with Gasteiger partial charge < -0.3 is 18.9 Å². The average molecular weight is 536 g/mol. The molecule has 200 valence electrons. The molecule has 0 aliphatic carbocycles. The van der Waals surface area contributed by atoms with Crippen molar-refractivity contribution < 1.29 is 14.0 Å². The van der Waals surface area contributed by atoms with Crippen molar-refractivity contribution in [3.05, 3.63) is 36.2 Å². The lowest BCUT2D eigenvalue weighted by atomic mass is 10.0. The molecule has 2 aliphatic rings. The first kappa shape index (κ1) is 25.3. The van der Waals surface area contributed by atoms with Gasteiger partial charge in [-0.2, -0.15) is 10.2 Å². The summed E-state index contributed by atoms with van der Waals surface area (Å²) >= 11 is -1.15. The molecule has 11 heteroatoms. The fourth-order valence-corrected chi connectivity index (χ4v) is 5.92. The van der Waals surface area contributed by atoms with Crippen LogP contribution in [0.4, 0.5) is 5.82 Å². The number of ether oxygens (including phenoxy) is 2. The second-order valence-electron chi connectivity index (χ2n) is 10.1. The molecule has 4 aromatic rings. The van der Waals surface area contributed by atoms with Crippen molar-refractivity contribution in [3.63, 3.8) is 0 Å². The molecule has 0 amide bonds. The smallest absolute Gasteiger partial charge is 0.244 e. The van der Waals surface area contributed by atoms with Gasteiger partial charge in [0.05, 0.1) is 30.5 Å². The Morgan fingerprint density at radius 3 is 2.68 bits per heavy atom. The van der Waals surface area contributed by atoms with Crippen LogP contribution in [0, 0.1) is 6.92 Å². The number of anilines is 1. The summed E-state index contributed by atoms with van der Waals surface area (Å²) in [5.41, 5.74) is 5.95. The number of morpholine rings is 1. The molecule has 0 radical (unpaired) electrons. The summed E-state index contributed by atoms with van der Waals surface area (Å²) in [6.45, 7) is 6.93. The van der Waals surface area contributed by atoms with Crippen molar-refractivity contribution in [2.75, 3.05) is 37.5 Å². The van der Waals surface area contributed by atoms with Crippen LogP contribution in [0.15, 0.2) is 35.5 Å². The third kappa shape index (κ3) is 4.57. The summed E-state index contributed by atoms with van der Waals surface area (Å²) in [6.07, 6.45) is 6.76. The molecule has 0 saturated carbocycles. The molecule has 6 rings (SSSR count). The van der Waals surface area contributed by atoms with E-state index in [9.17, 15) is 4.55 Å². The van der Waals surface area contributed by atoms with Crippen LogP contribution in [0.2, 0.25) is 0 Å². The van der Waals surface area contributed by atoms with Gasteiger partial charge in [0.1, 0.15) is 35.2 Å². The van der Waals surface area contributed by atoms with E-state index in [1.165, 1.54) is 0 Å². The Balaban J connectivity index is 1.52. The predicted octanol–water partition coefficient (Wildman–Crippen LogP) is 3.86. The Morgan fingerprint density at radius 1 is 1.08 bits per heavy atom. The average Bonchev–Trinajstić information content (AvgIpc) is 3.54. The van der Waals surface area contributed by atoms with E-state index in [1.54, 1.807) is 6.26 Å². The van der Waals surface area contributed by atoms with Gasteiger partial charge in [-0.25, -0.2) is 14.6 Å². The van der Waals surface area contributed by atoms with Gasteiger partial charge in [-0.3, -0.25) is 4.68 Å². The van der Waals surface area contributed by atoms with Crippen LogP contribution in [0.3, 0.4) is 0 Å². The Kier molecular flexibility index (Phi) is 6.85. The molecule has 38 heavy (non-hydrogen) atoms. The van der Waals surface area contributed by atoms with Gasteiger partial charge in [0.15, 0.2) is 0 Å². The summed E-state index contributed by atoms with van der Waals surface area (Å²) in [5, 5.41) is 10.4. The highest BCUT2D eigenvalue weighted by Gasteiger charge is 2.27. The summed E-state index contributed by atoms with van der Waals surface area (Å²) < 4.78 is 27.5. The second-order valence-corrected chi connectivity index (χ2v) is 11.4. The van der Waals surface area contributed by atoms with E-state index in [0.717, 1.165) is 77.5 Å². The maximum absolute atomic E-state index is 12.1. The van der Waals surface area contributed by atoms with E-state index in [1.807, 2.05) is 47.7 Å². The number of aromatic nitrogens is 6. The van der Waals surface area contributed by atoms with Gasteiger partial charge >= 0.3 is 0 Å². The molecular weight excluding hydrogens is 502 g/mol. The zero-order chi connectivity index (χ0) is 26.4. The third-order valence-corrected chi connectivity index (χ3v) is 8.20. The molecule has 2 fully saturated rings. The zero-order valence-corrected chi connectivity index (χ0v) is 23.1. The van der Waals surface area contributed by atoms with Crippen LogP contribution in [0.1, 0.15) is 38.1 Å². The highest BCUT2D eigenvalue weighted by Crippen LogP contribution is 2.37. The number of rotatable bonds is 5. The summed E-state index contributed by atoms with van der Waals surface area (Å²) in [7, 11) is 1.94. The summed E-state index contributed by atoms with van der Waals surface area (Å²) in [6, 6.07) is 8.14. The largest absolute Gasteiger partial charge is 0.610 e. The molecule has 0 aromatic carbocycles. The normalized spacial score (nSPS) is 21.2. The molecule has 4 aromatic heterocycles. The van der Waals surface area contributed by atoms with E-state index in [4.69, 9.17) is 24.7 Å². The third-order valence-electron chi connectivity index (χ3n) is 7.39. The monoisotopic (exact) mass is 535 g/mol. The Labute approximate surface area is 225 Å². The van der Waals surface area contributed by atoms with Crippen LogP contribution in [0.5, 0.6) is 0 Å².